The number of hydrogen-bond donors (Lipinski definition) is 2. The van der Waals surface area contributed by atoms with E-state index in [0.717, 1.165) is 25.7 Å². The van der Waals surface area contributed by atoms with E-state index in [1.54, 1.807) is 0 Å². The predicted octanol–water partition coefficient (Wildman–Crippen LogP) is 2.94. The number of carbonyl (C=O) groups excluding carboxylic acids is 1. The van der Waals surface area contributed by atoms with Gasteiger partial charge >= 0.3 is 0 Å². The predicted molar refractivity (Wildman–Crippen MR) is 82.4 cm³/mol. The van der Waals surface area contributed by atoms with E-state index in [1.807, 2.05) is 4.90 Å². The van der Waals surface area contributed by atoms with E-state index in [0.29, 0.717) is 18.4 Å². The van der Waals surface area contributed by atoms with E-state index >= 15 is 0 Å². The minimum Gasteiger partial charge on any atom is -0.507 e. The smallest absolute Gasteiger partial charge is 0.274 e. The topological polar surface area (TPSA) is 66.6 Å². The number of aliphatic hydroxyl groups is 1. The van der Waals surface area contributed by atoms with Gasteiger partial charge in [0.2, 0.25) is 0 Å². The molecule has 2 aliphatic carbocycles. The summed E-state index contributed by atoms with van der Waals surface area (Å²) in [5, 5.41) is 10.7. The number of nitrogens with zero attached hydrogens (tertiary/aromatic N) is 1. The maximum absolute atomic E-state index is 12.6. The van der Waals surface area contributed by atoms with E-state index in [2.05, 4.69) is 20.8 Å². The van der Waals surface area contributed by atoms with E-state index in [9.17, 15) is 9.90 Å². The number of hydrogen-bond acceptors (Lipinski definition) is 3. The Labute approximate surface area is 127 Å². The molecule has 1 spiro atoms. The molecule has 2 fully saturated rings. The number of fused-ring (bicyclic) bond motifs is 2. The molecule has 21 heavy (non-hydrogen) atoms. The molecule has 4 nitrogen and oxygen atoms in total. The van der Waals surface area contributed by atoms with Crippen LogP contribution in [0.25, 0.3) is 0 Å². The van der Waals surface area contributed by atoms with Crippen LogP contribution in [0.5, 0.6) is 0 Å². The van der Waals surface area contributed by atoms with Gasteiger partial charge in [0.25, 0.3) is 5.91 Å². The number of nitrogens with two attached hydrogens (primary N) is 1. The molecular weight excluding hydrogens is 264 g/mol. The molecule has 0 aromatic carbocycles. The second-order valence-corrected chi connectivity index (χ2v) is 8.29. The van der Waals surface area contributed by atoms with Crippen molar-refractivity contribution < 1.29 is 9.90 Å². The minimum absolute atomic E-state index is 0.0939. The second-order valence-electron chi connectivity index (χ2n) is 8.29. The summed E-state index contributed by atoms with van der Waals surface area (Å²) in [7, 11) is 0. The lowest BCUT2D eigenvalue weighted by molar-refractivity contribution is -0.139. The highest BCUT2D eigenvalue weighted by Crippen LogP contribution is 2.57. The third-order valence-corrected chi connectivity index (χ3v) is 5.87. The van der Waals surface area contributed by atoms with Crippen molar-refractivity contribution in [3.8, 4) is 0 Å². The Morgan fingerprint density at radius 3 is 2.62 bits per heavy atom. The first kappa shape index (κ1) is 14.7. The molecule has 3 unspecified atom stereocenters. The van der Waals surface area contributed by atoms with Gasteiger partial charge in [-0.3, -0.25) is 4.79 Å². The first-order chi connectivity index (χ1) is 9.77. The van der Waals surface area contributed by atoms with Crippen LogP contribution in [0.2, 0.25) is 0 Å². The average Bonchev–Trinajstić information content (AvgIpc) is 2.52. The van der Waals surface area contributed by atoms with Crippen LogP contribution in [0.4, 0.5) is 0 Å². The first-order valence-corrected chi connectivity index (χ1v) is 8.28. The summed E-state index contributed by atoms with van der Waals surface area (Å²) < 4.78 is 0. The van der Waals surface area contributed by atoms with E-state index < -0.39 is 5.54 Å². The number of rotatable bonds is 2. The summed E-state index contributed by atoms with van der Waals surface area (Å²) in [6.45, 7) is 7.24. The van der Waals surface area contributed by atoms with Gasteiger partial charge in [0, 0.05) is 6.54 Å². The number of aliphatic hydroxyl groups excluding tert-OH is 1. The van der Waals surface area contributed by atoms with Crippen molar-refractivity contribution in [3.63, 3.8) is 0 Å². The third kappa shape index (κ3) is 2.06. The lowest BCUT2D eigenvalue weighted by Crippen LogP contribution is -2.60. The molecular formula is C17H28N2O2. The van der Waals surface area contributed by atoms with Crippen LogP contribution in [-0.4, -0.2) is 28.0 Å². The molecule has 0 aromatic rings. The van der Waals surface area contributed by atoms with Crippen molar-refractivity contribution >= 4 is 5.91 Å². The molecule has 2 saturated carbocycles. The zero-order valence-corrected chi connectivity index (χ0v) is 13.5. The van der Waals surface area contributed by atoms with Crippen LogP contribution in [0.3, 0.4) is 0 Å². The molecule has 1 amide bonds. The Morgan fingerprint density at radius 1 is 1.33 bits per heavy atom. The molecule has 0 radical (unpaired) electrons. The van der Waals surface area contributed by atoms with Crippen molar-refractivity contribution in [2.24, 2.45) is 23.0 Å². The first-order valence-electron chi connectivity index (χ1n) is 8.28. The van der Waals surface area contributed by atoms with Crippen LogP contribution < -0.4 is 5.73 Å². The van der Waals surface area contributed by atoms with Crippen LogP contribution in [0, 0.1) is 17.3 Å². The molecule has 118 valence electrons. The summed E-state index contributed by atoms with van der Waals surface area (Å²) in [4.78, 5) is 14.5. The van der Waals surface area contributed by atoms with Crippen LogP contribution >= 0.6 is 0 Å². The third-order valence-electron chi connectivity index (χ3n) is 5.87. The molecule has 3 aliphatic rings. The largest absolute Gasteiger partial charge is 0.507 e. The Balaban J connectivity index is 1.92. The second kappa shape index (κ2) is 4.65. The van der Waals surface area contributed by atoms with Gasteiger partial charge in [-0.15, -0.1) is 0 Å². The number of carbonyl (C=O) groups is 1. The van der Waals surface area contributed by atoms with Gasteiger partial charge in [0.05, 0.1) is 0 Å². The maximum atomic E-state index is 12.6. The average molecular weight is 292 g/mol. The zero-order valence-electron chi connectivity index (χ0n) is 13.5. The Bertz CT molecular complexity index is 492. The summed E-state index contributed by atoms with van der Waals surface area (Å²) in [6.07, 6.45) is 6.47. The Hall–Kier alpha value is -1.19. The standard InChI is InChI=1S/C17H28N2O2/c1-16(2,3)9-10-19-15(21)13(18)14(20)17(19)8-4-5-11-6-7-12(11)17/h11-12,20H,4-10,18H2,1-3H3. The molecule has 3 rings (SSSR count). The molecule has 3 N–H and O–H groups in total. The molecule has 1 heterocycles. The van der Waals surface area contributed by atoms with Crippen LogP contribution in [0.1, 0.15) is 59.3 Å². The van der Waals surface area contributed by atoms with Gasteiger partial charge in [0.1, 0.15) is 17.0 Å². The van der Waals surface area contributed by atoms with E-state index in [-0.39, 0.29) is 22.8 Å². The molecule has 4 heteroatoms. The summed E-state index contributed by atoms with van der Waals surface area (Å²) in [5.74, 6) is 1.10. The SMILES string of the molecule is CC(C)(C)CCN1C(=O)C(N)=C(O)C12CCCC1CCC12. The fraction of sp³-hybridized carbons (Fsp3) is 0.824. The van der Waals surface area contributed by atoms with Gasteiger partial charge in [-0.25, -0.2) is 0 Å². The highest BCUT2D eigenvalue weighted by Gasteiger charge is 2.61. The lowest BCUT2D eigenvalue weighted by atomic mass is 9.56. The quantitative estimate of drug-likeness (QED) is 0.822. The van der Waals surface area contributed by atoms with Crippen molar-refractivity contribution in [3.05, 3.63) is 11.5 Å². The molecule has 3 atom stereocenters. The molecule has 0 saturated heterocycles. The number of amides is 1. The maximum Gasteiger partial charge on any atom is 0.274 e. The highest BCUT2D eigenvalue weighted by molar-refractivity contribution is 5.97. The van der Waals surface area contributed by atoms with Gasteiger partial charge in [-0.1, -0.05) is 27.2 Å². The van der Waals surface area contributed by atoms with Crippen molar-refractivity contribution in [1.29, 1.82) is 0 Å². The highest BCUT2D eigenvalue weighted by atomic mass is 16.3. The molecule has 0 aromatic heterocycles. The summed E-state index contributed by atoms with van der Waals surface area (Å²) in [5.41, 5.74) is 5.71. The van der Waals surface area contributed by atoms with Crippen molar-refractivity contribution in [2.75, 3.05) is 6.54 Å². The van der Waals surface area contributed by atoms with Gasteiger partial charge in [-0.05, 0) is 49.4 Å². The fourth-order valence-electron chi connectivity index (χ4n) is 4.53. The van der Waals surface area contributed by atoms with Gasteiger partial charge in [0.15, 0.2) is 0 Å². The fourth-order valence-corrected chi connectivity index (χ4v) is 4.53. The van der Waals surface area contributed by atoms with Gasteiger partial charge in [-0.2, -0.15) is 0 Å². The summed E-state index contributed by atoms with van der Waals surface area (Å²) >= 11 is 0. The lowest BCUT2D eigenvalue weighted by Gasteiger charge is -2.56. The zero-order chi connectivity index (χ0) is 15.4. The monoisotopic (exact) mass is 292 g/mol. The summed E-state index contributed by atoms with van der Waals surface area (Å²) in [6, 6.07) is 0. The van der Waals surface area contributed by atoms with E-state index in [4.69, 9.17) is 5.73 Å². The normalized spacial score (nSPS) is 36.1. The van der Waals surface area contributed by atoms with Crippen molar-refractivity contribution in [2.45, 2.75) is 64.8 Å². The Kier molecular flexibility index (Phi) is 3.26. The van der Waals surface area contributed by atoms with Gasteiger partial charge < -0.3 is 15.7 Å². The Morgan fingerprint density at radius 2 is 2.05 bits per heavy atom. The van der Waals surface area contributed by atoms with Crippen molar-refractivity contribution in [1.82, 2.24) is 4.90 Å². The van der Waals surface area contributed by atoms with E-state index in [1.165, 1.54) is 12.8 Å². The van der Waals surface area contributed by atoms with Crippen LogP contribution in [0.15, 0.2) is 11.5 Å². The molecule has 0 bridgehead atoms. The molecule has 1 aliphatic heterocycles. The van der Waals surface area contributed by atoms with Crippen LogP contribution in [-0.2, 0) is 4.79 Å². The minimum atomic E-state index is -0.479.